The van der Waals surface area contributed by atoms with E-state index in [1.165, 1.54) is 21.3 Å². The van der Waals surface area contributed by atoms with Gasteiger partial charge in [0.05, 0.1) is 7.11 Å². The van der Waals surface area contributed by atoms with Crippen molar-refractivity contribution in [1.29, 1.82) is 0 Å². The van der Waals surface area contributed by atoms with Gasteiger partial charge in [0, 0.05) is 20.4 Å². The fraction of sp³-hybridized carbons (Fsp3) is 0.294. The summed E-state index contributed by atoms with van der Waals surface area (Å²) in [6, 6.07) is 12.7. The molecule has 1 aromatic heterocycles. The molecule has 0 radical (unpaired) electrons. The molecule has 0 saturated heterocycles. The molecule has 2 aromatic rings. The van der Waals surface area contributed by atoms with Crippen molar-refractivity contribution in [1.82, 2.24) is 4.98 Å². The SMILES string of the molecule is COC(=O)C(c1ncccc1Oc1ccccc1)C(OC)OC. The molecule has 0 saturated carbocycles. The summed E-state index contributed by atoms with van der Waals surface area (Å²) in [6.45, 7) is 0. The van der Waals surface area contributed by atoms with Gasteiger partial charge < -0.3 is 18.9 Å². The second-order valence-corrected chi connectivity index (χ2v) is 4.64. The average Bonchev–Trinajstić information content (AvgIpc) is 2.60. The second-order valence-electron chi connectivity index (χ2n) is 4.64. The first-order valence-electron chi connectivity index (χ1n) is 7.02. The Hall–Kier alpha value is -2.44. The summed E-state index contributed by atoms with van der Waals surface area (Å²) in [5.74, 6) is -0.310. The molecular weight excluding hydrogens is 298 g/mol. The molecule has 23 heavy (non-hydrogen) atoms. The molecule has 0 amide bonds. The van der Waals surface area contributed by atoms with Crippen molar-refractivity contribution in [3.05, 3.63) is 54.4 Å². The van der Waals surface area contributed by atoms with Crippen molar-refractivity contribution < 1.29 is 23.7 Å². The van der Waals surface area contributed by atoms with E-state index < -0.39 is 18.2 Å². The topological polar surface area (TPSA) is 66.9 Å². The number of benzene rings is 1. The van der Waals surface area contributed by atoms with Gasteiger partial charge in [-0.1, -0.05) is 18.2 Å². The molecule has 122 valence electrons. The lowest BCUT2D eigenvalue weighted by molar-refractivity contribution is -0.163. The van der Waals surface area contributed by atoms with Crippen LogP contribution in [0.1, 0.15) is 11.6 Å². The number of carbonyl (C=O) groups is 1. The van der Waals surface area contributed by atoms with E-state index in [4.69, 9.17) is 18.9 Å². The molecule has 2 rings (SSSR count). The Bertz CT molecular complexity index is 628. The lowest BCUT2D eigenvalue weighted by atomic mass is 10.0. The number of aromatic nitrogens is 1. The molecule has 0 N–H and O–H groups in total. The number of carbonyl (C=O) groups excluding carboxylic acids is 1. The fourth-order valence-corrected chi connectivity index (χ4v) is 2.19. The first kappa shape index (κ1) is 16.9. The minimum atomic E-state index is -0.866. The molecule has 0 fully saturated rings. The molecule has 0 bridgehead atoms. The third-order valence-corrected chi connectivity index (χ3v) is 3.26. The Kier molecular flexibility index (Phi) is 6.08. The van der Waals surface area contributed by atoms with E-state index >= 15 is 0 Å². The van der Waals surface area contributed by atoms with Crippen molar-refractivity contribution in [2.24, 2.45) is 0 Å². The average molecular weight is 317 g/mol. The predicted octanol–water partition coefficient (Wildman–Crippen LogP) is 2.75. The molecule has 1 atom stereocenters. The molecular formula is C17H19NO5. The van der Waals surface area contributed by atoms with Crippen LogP contribution in [-0.4, -0.2) is 38.6 Å². The maximum atomic E-state index is 12.2. The third kappa shape index (κ3) is 4.06. The molecule has 1 aromatic carbocycles. The van der Waals surface area contributed by atoms with E-state index in [0.29, 0.717) is 17.2 Å². The minimum absolute atomic E-state index is 0.386. The summed E-state index contributed by atoms with van der Waals surface area (Å²) in [6.07, 6.45) is 0.737. The van der Waals surface area contributed by atoms with E-state index in [2.05, 4.69) is 4.98 Å². The summed E-state index contributed by atoms with van der Waals surface area (Å²) in [7, 11) is 4.20. The number of hydrogen-bond acceptors (Lipinski definition) is 6. The van der Waals surface area contributed by atoms with Gasteiger partial charge in [-0.05, 0) is 24.3 Å². The quantitative estimate of drug-likeness (QED) is 0.578. The van der Waals surface area contributed by atoms with Gasteiger partial charge in [-0.15, -0.1) is 0 Å². The van der Waals surface area contributed by atoms with Gasteiger partial charge >= 0.3 is 5.97 Å². The van der Waals surface area contributed by atoms with Gasteiger partial charge in [0.1, 0.15) is 17.2 Å². The fourth-order valence-electron chi connectivity index (χ4n) is 2.19. The normalized spacial score (nSPS) is 12.0. The minimum Gasteiger partial charge on any atom is -0.468 e. The van der Waals surface area contributed by atoms with Gasteiger partial charge in [-0.2, -0.15) is 0 Å². The number of para-hydroxylation sites is 1. The van der Waals surface area contributed by atoms with E-state index in [1.54, 1.807) is 18.3 Å². The van der Waals surface area contributed by atoms with Crippen molar-refractivity contribution in [3.63, 3.8) is 0 Å². The highest BCUT2D eigenvalue weighted by Crippen LogP contribution is 2.32. The number of methoxy groups -OCH3 is 3. The van der Waals surface area contributed by atoms with Gasteiger partial charge in [0.15, 0.2) is 12.2 Å². The molecule has 0 spiro atoms. The van der Waals surface area contributed by atoms with Gasteiger partial charge in [-0.25, -0.2) is 0 Å². The summed E-state index contributed by atoms with van der Waals surface area (Å²) < 4.78 is 21.2. The Morgan fingerprint density at radius 2 is 1.70 bits per heavy atom. The lowest BCUT2D eigenvalue weighted by Gasteiger charge is -2.23. The number of nitrogens with zero attached hydrogens (tertiary/aromatic N) is 1. The van der Waals surface area contributed by atoms with Crippen LogP contribution in [0.5, 0.6) is 11.5 Å². The highest BCUT2D eigenvalue weighted by atomic mass is 16.7. The first-order chi connectivity index (χ1) is 11.2. The first-order valence-corrected chi connectivity index (χ1v) is 7.02. The van der Waals surface area contributed by atoms with E-state index in [1.807, 2.05) is 30.3 Å². The Morgan fingerprint density at radius 1 is 1.00 bits per heavy atom. The molecule has 0 aliphatic heterocycles. The molecule has 0 aliphatic rings. The van der Waals surface area contributed by atoms with Crippen LogP contribution in [0, 0.1) is 0 Å². The van der Waals surface area contributed by atoms with Crippen molar-refractivity contribution in [2.75, 3.05) is 21.3 Å². The number of rotatable bonds is 7. The van der Waals surface area contributed by atoms with Crippen LogP contribution in [0.3, 0.4) is 0 Å². The zero-order chi connectivity index (χ0) is 16.7. The van der Waals surface area contributed by atoms with Crippen LogP contribution in [0.25, 0.3) is 0 Å². The molecule has 6 nitrogen and oxygen atoms in total. The molecule has 1 heterocycles. The van der Waals surface area contributed by atoms with E-state index in [9.17, 15) is 4.79 Å². The number of hydrogen-bond donors (Lipinski definition) is 0. The van der Waals surface area contributed by atoms with Gasteiger partial charge in [-0.3, -0.25) is 9.78 Å². The Morgan fingerprint density at radius 3 is 2.30 bits per heavy atom. The highest BCUT2D eigenvalue weighted by Gasteiger charge is 2.35. The van der Waals surface area contributed by atoms with Crippen molar-refractivity contribution >= 4 is 5.97 Å². The zero-order valence-electron chi connectivity index (χ0n) is 13.3. The number of pyridine rings is 1. The lowest BCUT2D eigenvalue weighted by Crippen LogP contribution is -2.31. The third-order valence-electron chi connectivity index (χ3n) is 3.26. The van der Waals surface area contributed by atoms with Crippen LogP contribution in [0.4, 0.5) is 0 Å². The molecule has 1 unspecified atom stereocenters. The van der Waals surface area contributed by atoms with Crippen LogP contribution in [0.2, 0.25) is 0 Å². The number of esters is 1. The highest BCUT2D eigenvalue weighted by molar-refractivity contribution is 5.79. The standard InChI is InChI=1S/C17H19NO5/c1-20-16(19)14(17(21-2)22-3)15-13(10-7-11-18-15)23-12-8-5-4-6-9-12/h4-11,14,17H,1-3H3. The molecule has 0 aliphatic carbocycles. The van der Waals surface area contributed by atoms with E-state index in [0.717, 1.165) is 0 Å². The van der Waals surface area contributed by atoms with Crippen LogP contribution >= 0.6 is 0 Å². The van der Waals surface area contributed by atoms with Gasteiger partial charge in [0.2, 0.25) is 0 Å². The summed E-state index contributed by atoms with van der Waals surface area (Å²) in [4.78, 5) is 16.5. The number of ether oxygens (including phenoxy) is 4. The summed E-state index contributed by atoms with van der Waals surface area (Å²) in [5.41, 5.74) is 0.386. The zero-order valence-corrected chi connectivity index (χ0v) is 13.3. The summed E-state index contributed by atoms with van der Waals surface area (Å²) >= 11 is 0. The Labute approximate surface area is 135 Å². The maximum absolute atomic E-state index is 12.2. The Balaban J connectivity index is 2.41. The smallest absolute Gasteiger partial charge is 0.320 e. The van der Waals surface area contributed by atoms with Crippen LogP contribution < -0.4 is 4.74 Å². The molecule has 6 heteroatoms. The summed E-state index contributed by atoms with van der Waals surface area (Å²) in [5, 5.41) is 0. The largest absolute Gasteiger partial charge is 0.468 e. The van der Waals surface area contributed by atoms with Crippen molar-refractivity contribution in [2.45, 2.75) is 12.2 Å². The van der Waals surface area contributed by atoms with Crippen LogP contribution in [-0.2, 0) is 19.0 Å². The van der Waals surface area contributed by atoms with Gasteiger partial charge in [0.25, 0.3) is 0 Å². The predicted molar refractivity (Wildman–Crippen MR) is 83.3 cm³/mol. The van der Waals surface area contributed by atoms with Crippen molar-refractivity contribution in [3.8, 4) is 11.5 Å². The monoisotopic (exact) mass is 317 g/mol. The maximum Gasteiger partial charge on any atom is 0.320 e. The van der Waals surface area contributed by atoms with E-state index in [-0.39, 0.29) is 0 Å². The van der Waals surface area contributed by atoms with Crippen LogP contribution in [0.15, 0.2) is 48.7 Å². The second kappa shape index (κ2) is 8.26.